The van der Waals surface area contributed by atoms with Crippen molar-refractivity contribution in [3.63, 3.8) is 0 Å². The molecule has 16 heavy (non-hydrogen) atoms. The Morgan fingerprint density at radius 2 is 2.19 bits per heavy atom. The molecular weight excluding hydrogens is 218 g/mol. The Kier molecular flexibility index (Phi) is 2.76. The first-order valence-corrected chi connectivity index (χ1v) is 6.61. The minimum atomic E-state index is 0.569. The molecule has 0 bridgehead atoms. The maximum Gasteiger partial charge on any atom is 0.134 e. The van der Waals surface area contributed by atoms with Gasteiger partial charge in [0.2, 0.25) is 0 Å². The van der Waals surface area contributed by atoms with E-state index in [0.717, 1.165) is 18.9 Å². The van der Waals surface area contributed by atoms with Gasteiger partial charge in [-0.3, -0.25) is 0 Å². The summed E-state index contributed by atoms with van der Waals surface area (Å²) < 4.78 is 1.31. The van der Waals surface area contributed by atoms with Gasteiger partial charge in [-0.2, -0.15) is 0 Å². The summed E-state index contributed by atoms with van der Waals surface area (Å²) in [6.07, 6.45) is 4.26. The van der Waals surface area contributed by atoms with Crippen LogP contribution in [-0.2, 0) is 0 Å². The summed E-state index contributed by atoms with van der Waals surface area (Å²) in [6, 6.07) is 4.79. The summed E-state index contributed by atoms with van der Waals surface area (Å²) in [7, 11) is 0. The van der Waals surface area contributed by atoms with Gasteiger partial charge in [-0.05, 0) is 43.4 Å². The van der Waals surface area contributed by atoms with E-state index in [1.165, 1.54) is 22.9 Å². The molecular formula is C12H15N3S. The van der Waals surface area contributed by atoms with Gasteiger partial charge in [-0.25, -0.2) is 4.98 Å². The van der Waals surface area contributed by atoms with Crippen LogP contribution in [0.4, 0.5) is 5.82 Å². The number of fused-ring (bicyclic) bond motifs is 1. The van der Waals surface area contributed by atoms with Crippen LogP contribution in [0.5, 0.6) is 0 Å². The van der Waals surface area contributed by atoms with Crippen LogP contribution in [0, 0.1) is 0 Å². The van der Waals surface area contributed by atoms with Gasteiger partial charge in [0.25, 0.3) is 0 Å². The SMILES string of the molecule is c1cc2sccc2c(NC2CCNCC2)n1. The summed E-state index contributed by atoms with van der Waals surface area (Å²) >= 11 is 1.77. The maximum atomic E-state index is 4.45. The second-order valence-electron chi connectivity index (χ2n) is 4.16. The number of hydrogen-bond donors (Lipinski definition) is 2. The number of rotatable bonds is 2. The average molecular weight is 233 g/mol. The predicted octanol–water partition coefficient (Wildman–Crippen LogP) is 2.46. The summed E-state index contributed by atoms with van der Waals surface area (Å²) in [5.41, 5.74) is 0. The van der Waals surface area contributed by atoms with Crippen molar-refractivity contribution in [2.24, 2.45) is 0 Å². The first-order chi connectivity index (χ1) is 7.93. The van der Waals surface area contributed by atoms with E-state index < -0.39 is 0 Å². The molecule has 0 saturated carbocycles. The van der Waals surface area contributed by atoms with E-state index in [1.54, 1.807) is 11.3 Å². The zero-order valence-electron chi connectivity index (χ0n) is 9.07. The average Bonchev–Trinajstić information content (AvgIpc) is 2.80. The molecule has 0 spiro atoms. The van der Waals surface area contributed by atoms with Crippen molar-refractivity contribution in [1.82, 2.24) is 10.3 Å². The molecule has 2 aromatic rings. The zero-order valence-corrected chi connectivity index (χ0v) is 9.89. The first kappa shape index (κ1) is 10.1. The first-order valence-electron chi connectivity index (χ1n) is 5.73. The second-order valence-corrected chi connectivity index (χ2v) is 5.11. The van der Waals surface area contributed by atoms with Crippen molar-refractivity contribution in [2.75, 3.05) is 18.4 Å². The lowest BCUT2D eigenvalue weighted by atomic mass is 10.1. The largest absolute Gasteiger partial charge is 0.367 e. The molecule has 1 fully saturated rings. The topological polar surface area (TPSA) is 37.0 Å². The van der Waals surface area contributed by atoms with Gasteiger partial charge < -0.3 is 10.6 Å². The molecule has 0 radical (unpaired) electrons. The molecule has 84 valence electrons. The lowest BCUT2D eigenvalue weighted by molar-refractivity contribution is 0.478. The van der Waals surface area contributed by atoms with Crippen molar-refractivity contribution in [3.05, 3.63) is 23.7 Å². The third-order valence-corrected chi connectivity index (χ3v) is 3.94. The smallest absolute Gasteiger partial charge is 0.134 e. The van der Waals surface area contributed by atoms with Crippen molar-refractivity contribution < 1.29 is 0 Å². The third kappa shape index (κ3) is 1.90. The normalized spacial score (nSPS) is 17.8. The van der Waals surface area contributed by atoms with Gasteiger partial charge in [0.05, 0.1) is 0 Å². The van der Waals surface area contributed by atoms with E-state index in [2.05, 4.69) is 33.1 Å². The molecule has 2 N–H and O–H groups in total. The van der Waals surface area contributed by atoms with Crippen molar-refractivity contribution in [3.8, 4) is 0 Å². The highest BCUT2D eigenvalue weighted by atomic mass is 32.1. The molecule has 3 rings (SSSR count). The zero-order chi connectivity index (χ0) is 10.8. The summed E-state index contributed by atoms with van der Waals surface area (Å²) in [6.45, 7) is 2.22. The van der Waals surface area contributed by atoms with Crippen LogP contribution in [0.2, 0.25) is 0 Å². The molecule has 3 nitrogen and oxygen atoms in total. The Labute approximate surface area is 98.9 Å². The predicted molar refractivity (Wildman–Crippen MR) is 69.1 cm³/mol. The van der Waals surface area contributed by atoms with Crippen LogP contribution < -0.4 is 10.6 Å². The highest BCUT2D eigenvalue weighted by Gasteiger charge is 2.14. The van der Waals surface area contributed by atoms with Crippen LogP contribution >= 0.6 is 11.3 Å². The highest BCUT2D eigenvalue weighted by Crippen LogP contribution is 2.26. The van der Waals surface area contributed by atoms with Crippen molar-refractivity contribution >= 4 is 27.2 Å². The molecule has 2 aromatic heterocycles. The standard InChI is InChI=1S/C12H15N3S/c1-5-13-6-2-9(1)15-12-10-4-8-16-11(10)3-7-14-12/h3-4,7-9,13H,1-2,5-6H2,(H,14,15). The molecule has 1 aliphatic heterocycles. The minimum Gasteiger partial charge on any atom is -0.367 e. The number of anilines is 1. The molecule has 1 saturated heterocycles. The maximum absolute atomic E-state index is 4.45. The number of hydrogen-bond acceptors (Lipinski definition) is 4. The van der Waals surface area contributed by atoms with Gasteiger partial charge in [-0.1, -0.05) is 0 Å². The molecule has 4 heteroatoms. The number of thiophene rings is 1. The monoisotopic (exact) mass is 233 g/mol. The molecule has 0 aromatic carbocycles. The molecule has 0 unspecified atom stereocenters. The van der Waals surface area contributed by atoms with E-state index in [4.69, 9.17) is 0 Å². The Hall–Kier alpha value is -1.13. The van der Waals surface area contributed by atoms with Gasteiger partial charge in [-0.15, -0.1) is 11.3 Å². The lowest BCUT2D eigenvalue weighted by Gasteiger charge is -2.24. The van der Waals surface area contributed by atoms with E-state index in [9.17, 15) is 0 Å². The van der Waals surface area contributed by atoms with Gasteiger partial charge in [0.15, 0.2) is 0 Å². The fraction of sp³-hybridized carbons (Fsp3) is 0.417. The summed E-state index contributed by atoms with van der Waals surface area (Å²) in [5, 5.41) is 10.3. The lowest BCUT2D eigenvalue weighted by Crippen LogP contribution is -2.35. The van der Waals surface area contributed by atoms with E-state index in [0.29, 0.717) is 6.04 Å². The minimum absolute atomic E-state index is 0.569. The van der Waals surface area contributed by atoms with Crippen molar-refractivity contribution in [2.45, 2.75) is 18.9 Å². The molecule has 3 heterocycles. The molecule has 1 aliphatic rings. The van der Waals surface area contributed by atoms with Gasteiger partial charge in [0, 0.05) is 22.3 Å². The summed E-state index contributed by atoms with van der Waals surface area (Å²) in [4.78, 5) is 4.45. The number of nitrogens with one attached hydrogen (secondary N) is 2. The van der Waals surface area contributed by atoms with Crippen LogP contribution in [0.3, 0.4) is 0 Å². The van der Waals surface area contributed by atoms with E-state index in [1.807, 2.05) is 6.20 Å². The molecule has 0 atom stereocenters. The Bertz CT molecular complexity index is 474. The number of pyridine rings is 1. The second kappa shape index (κ2) is 4.39. The van der Waals surface area contributed by atoms with Crippen LogP contribution in [0.15, 0.2) is 23.7 Å². The number of nitrogens with zero attached hydrogens (tertiary/aromatic N) is 1. The van der Waals surface area contributed by atoms with Crippen LogP contribution in [0.25, 0.3) is 10.1 Å². The third-order valence-electron chi connectivity index (χ3n) is 3.06. The Morgan fingerprint density at radius 1 is 1.31 bits per heavy atom. The van der Waals surface area contributed by atoms with Crippen molar-refractivity contribution in [1.29, 1.82) is 0 Å². The Balaban J connectivity index is 1.85. The van der Waals surface area contributed by atoms with Gasteiger partial charge in [0.1, 0.15) is 5.82 Å². The van der Waals surface area contributed by atoms with E-state index >= 15 is 0 Å². The molecule has 0 amide bonds. The van der Waals surface area contributed by atoms with Gasteiger partial charge >= 0.3 is 0 Å². The highest BCUT2D eigenvalue weighted by molar-refractivity contribution is 7.17. The van der Waals surface area contributed by atoms with E-state index in [-0.39, 0.29) is 0 Å². The fourth-order valence-electron chi connectivity index (χ4n) is 2.17. The summed E-state index contributed by atoms with van der Waals surface area (Å²) in [5.74, 6) is 1.05. The van der Waals surface area contributed by atoms with Crippen LogP contribution in [-0.4, -0.2) is 24.1 Å². The number of aromatic nitrogens is 1. The number of piperidine rings is 1. The van der Waals surface area contributed by atoms with Crippen LogP contribution in [0.1, 0.15) is 12.8 Å². The Morgan fingerprint density at radius 3 is 3.06 bits per heavy atom. The quantitative estimate of drug-likeness (QED) is 0.836. The molecule has 0 aliphatic carbocycles. The fourth-order valence-corrected chi connectivity index (χ4v) is 2.95.